The molecule has 0 spiro atoms. The number of hydrogen-bond acceptors (Lipinski definition) is 5. The highest BCUT2D eigenvalue weighted by Crippen LogP contribution is 2.40. The molecule has 1 aromatic heterocycles. The fourth-order valence-electron chi connectivity index (χ4n) is 3.01. The first-order valence-electron chi connectivity index (χ1n) is 7.97. The highest BCUT2D eigenvalue weighted by molar-refractivity contribution is 7.16. The van der Waals surface area contributed by atoms with Crippen LogP contribution in [0.2, 0.25) is 0 Å². The van der Waals surface area contributed by atoms with Crippen LogP contribution in [0.3, 0.4) is 0 Å². The molecule has 1 atom stereocenters. The predicted molar refractivity (Wildman–Crippen MR) is 97.0 cm³/mol. The van der Waals surface area contributed by atoms with E-state index in [1.54, 1.807) is 31.8 Å². The molecule has 1 aromatic carbocycles. The summed E-state index contributed by atoms with van der Waals surface area (Å²) >= 11 is 1.64. The molecule has 2 aromatic rings. The average Bonchev–Trinajstić information content (AvgIpc) is 2.95. The van der Waals surface area contributed by atoms with Gasteiger partial charge in [0.05, 0.1) is 19.8 Å². The molecule has 4 nitrogen and oxygen atoms in total. The van der Waals surface area contributed by atoms with E-state index in [4.69, 9.17) is 9.47 Å². The molecule has 0 radical (unpaired) electrons. The van der Waals surface area contributed by atoms with Crippen LogP contribution < -0.4 is 9.47 Å². The molecule has 124 valence electrons. The Morgan fingerprint density at radius 3 is 2.88 bits per heavy atom. The van der Waals surface area contributed by atoms with Crippen molar-refractivity contribution in [1.29, 1.82) is 5.26 Å². The van der Waals surface area contributed by atoms with Gasteiger partial charge in [-0.1, -0.05) is 6.92 Å². The lowest BCUT2D eigenvalue weighted by Gasteiger charge is -2.17. The van der Waals surface area contributed by atoms with Gasteiger partial charge in [0.25, 0.3) is 0 Å². The van der Waals surface area contributed by atoms with Crippen LogP contribution in [0, 0.1) is 17.2 Å². The van der Waals surface area contributed by atoms with Crippen molar-refractivity contribution < 1.29 is 9.47 Å². The maximum absolute atomic E-state index is 9.55. The maximum Gasteiger partial charge on any atom is 0.134 e. The third kappa shape index (κ3) is 3.15. The zero-order valence-corrected chi connectivity index (χ0v) is 14.9. The molecule has 1 heterocycles. The van der Waals surface area contributed by atoms with Crippen LogP contribution in [-0.2, 0) is 12.8 Å². The minimum Gasteiger partial charge on any atom is -0.497 e. The summed E-state index contributed by atoms with van der Waals surface area (Å²) in [7, 11) is 3.26. The summed E-state index contributed by atoms with van der Waals surface area (Å²) < 4.78 is 10.6. The molecule has 1 aliphatic carbocycles. The van der Waals surface area contributed by atoms with Gasteiger partial charge in [-0.05, 0) is 48.9 Å². The fraction of sp³-hybridized carbons (Fsp3) is 0.368. The van der Waals surface area contributed by atoms with Gasteiger partial charge in [0.15, 0.2) is 0 Å². The van der Waals surface area contributed by atoms with E-state index in [9.17, 15) is 5.26 Å². The number of benzene rings is 1. The van der Waals surface area contributed by atoms with Crippen LogP contribution in [-0.4, -0.2) is 20.4 Å². The third-order valence-corrected chi connectivity index (χ3v) is 5.53. The Balaban J connectivity index is 1.97. The van der Waals surface area contributed by atoms with Crippen LogP contribution in [0.25, 0.3) is 0 Å². The summed E-state index contributed by atoms with van der Waals surface area (Å²) in [6.07, 6.45) is 4.93. The molecule has 0 N–H and O–H groups in total. The Morgan fingerprint density at radius 1 is 1.33 bits per heavy atom. The summed E-state index contributed by atoms with van der Waals surface area (Å²) in [6, 6.07) is 7.93. The van der Waals surface area contributed by atoms with Crippen molar-refractivity contribution in [2.24, 2.45) is 10.9 Å². The van der Waals surface area contributed by atoms with Gasteiger partial charge in [-0.25, -0.2) is 4.99 Å². The van der Waals surface area contributed by atoms with Gasteiger partial charge in [0, 0.05) is 16.7 Å². The first-order chi connectivity index (χ1) is 11.7. The van der Waals surface area contributed by atoms with Crippen molar-refractivity contribution in [3.05, 3.63) is 39.8 Å². The van der Waals surface area contributed by atoms with Crippen LogP contribution in [0.1, 0.15) is 34.9 Å². The van der Waals surface area contributed by atoms with E-state index >= 15 is 0 Å². The van der Waals surface area contributed by atoms with Crippen molar-refractivity contribution in [2.75, 3.05) is 14.2 Å². The van der Waals surface area contributed by atoms with Crippen molar-refractivity contribution in [2.45, 2.75) is 26.2 Å². The molecule has 0 bridgehead atoms. The van der Waals surface area contributed by atoms with Crippen molar-refractivity contribution in [1.82, 2.24) is 0 Å². The molecular formula is C19H20N2O2S. The average molecular weight is 340 g/mol. The first kappa shape index (κ1) is 16.5. The minimum absolute atomic E-state index is 0.679. The highest BCUT2D eigenvalue weighted by atomic mass is 32.1. The minimum atomic E-state index is 0.679. The smallest absolute Gasteiger partial charge is 0.134 e. The van der Waals surface area contributed by atoms with Gasteiger partial charge in [-0.2, -0.15) is 5.26 Å². The Morgan fingerprint density at radius 2 is 2.17 bits per heavy atom. The summed E-state index contributed by atoms with van der Waals surface area (Å²) in [5.41, 5.74) is 2.77. The lowest BCUT2D eigenvalue weighted by Crippen LogP contribution is -2.09. The number of methoxy groups -OCH3 is 2. The molecule has 0 saturated heterocycles. The zero-order chi connectivity index (χ0) is 17.1. The lowest BCUT2D eigenvalue weighted by atomic mass is 9.89. The SMILES string of the molecule is COc1ccc(OC)c(C=Nc2sc3c(c2C#N)CC[C@H](C)C3)c1. The lowest BCUT2D eigenvalue weighted by molar-refractivity contribution is 0.402. The Kier molecular flexibility index (Phi) is 4.86. The number of rotatable bonds is 4. The predicted octanol–water partition coefficient (Wildman–Crippen LogP) is 4.51. The van der Waals surface area contributed by atoms with Crippen molar-refractivity contribution in [3.63, 3.8) is 0 Å². The second kappa shape index (κ2) is 7.06. The van der Waals surface area contributed by atoms with Crippen LogP contribution >= 0.6 is 11.3 Å². The summed E-state index contributed by atoms with van der Waals surface area (Å²) in [5.74, 6) is 2.16. The number of aliphatic imine (C=N–C) groups is 1. The van der Waals surface area contributed by atoms with Crippen LogP contribution in [0.5, 0.6) is 11.5 Å². The zero-order valence-electron chi connectivity index (χ0n) is 14.1. The van der Waals surface area contributed by atoms with E-state index in [0.717, 1.165) is 46.9 Å². The summed E-state index contributed by atoms with van der Waals surface area (Å²) in [5, 5.41) is 10.3. The topological polar surface area (TPSA) is 54.6 Å². The quantitative estimate of drug-likeness (QED) is 0.769. The first-order valence-corrected chi connectivity index (χ1v) is 8.78. The van der Waals surface area contributed by atoms with Crippen LogP contribution in [0.15, 0.2) is 23.2 Å². The molecule has 3 rings (SSSR count). The summed E-state index contributed by atoms with van der Waals surface area (Å²) in [4.78, 5) is 5.91. The second-order valence-electron chi connectivity index (χ2n) is 6.01. The Hall–Kier alpha value is -2.32. The molecule has 1 aliphatic rings. The molecule has 0 amide bonds. The van der Waals surface area contributed by atoms with Crippen LogP contribution in [0.4, 0.5) is 5.00 Å². The van der Waals surface area contributed by atoms with E-state index in [1.807, 2.05) is 18.2 Å². The molecular weight excluding hydrogens is 320 g/mol. The van der Waals surface area contributed by atoms with Gasteiger partial charge in [-0.15, -0.1) is 11.3 Å². The normalized spacial score (nSPS) is 16.7. The van der Waals surface area contributed by atoms with E-state index in [2.05, 4.69) is 18.0 Å². The Bertz CT molecular complexity index is 818. The number of nitriles is 1. The standard InChI is InChI=1S/C19H20N2O2S/c1-12-4-6-15-16(10-20)19(24-18(15)8-12)21-11-13-9-14(22-2)5-7-17(13)23-3/h5,7,9,11-12H,4,6,8H2,1-3H3/t12-/m0/s1. The number of hydrogen-bond donors (Lipinski definition) is 0. The van der Waals surface area contributed by atoms with Crippen molar-refractivity contribution >= 4 is 22.6 Å². The van der Waals surface area contributed by atoms with Gasteiger partial charge in [0.2, 0.25) is 0 Å². The largest absolute Gasteiger partial charge is 0.497 e. The maximum atomic E-state index is 9.55. The molecule has 0 fully saturated rings. The number of fused-ring (bicyclic) bond motifs is 1. The number of thiophene rings is 1. The molecule has 0 aliphatic heterocycles. The Labute approximate surface area is 146 Å². The highest BCUT2D eigenvalue weighted by Gasteiger charge is 2.23. The fourth-order valence-corrected chi connectivity index (χ4v) is 4.32. The molecule has 0 saturated carbocycles. The molecule has 0 unspecified atom stereocenters. The molecule has 24 heavy (non-hydrogen) atoms. The van der Waals surface area contributed by atoms with E-state index < -0.39 is 0 Å². The van der Waals surface area contributed by atoms with E-state index in [-0.39, 0.29) is 0 Å². The van der Waals surface area contributed by atoms with Gasteiger partial charge >= 0.3 is 0 Å². The van der Waals surface area contributed by atoms with E-state index in [0.29, 0.717) is 5.92 Å². The van der Waals surface area contributed by atoms with E-state index in [1.165, 1.54) is 10.4 Å². The summed E-state index contributed by atoms with van der Waals surface area (Å²) in [6.45, 7) is 2.26. The number of ether oxygens (including phenoxy) is 2. The second-order valence-corrected chi connectivity index (χ2v) is 7.09. The monoisotopic (exact) mass is 340 g/mol. The van der Waals surface area contributed by atoms with Gasteiger partial charge < -0.3 is 9.47 Å². The van der Waals surface area contributed by atoms with Gasteiger partial charge in [-0.3, -0.25) is 0 Å². The third-order valence-electron chi connectivity index (χ3n) is 4.36. The number of nitrogens with zero attached hydrogens (tertiary/aromatic N) is 2. The molecule has 5 heteroatoms. The van der Waals surface area contributed by atoms with Gasteiger partial charge in [0.1, 0.15) is 22.6 Å². The van der Waals surface area contributed by atoms with Crippen molar-refractivity contribution in [3.8, 4) is 17.6 Å².